The van der Waals surface area contributed by atoms with Gasteiger partial charge in [-0.25, -0.2) is 0 Å². The van der Waals surface area contributed by atoms with Crippen LogP contribution in [0.4, 0.5) is 0 Å². The Balaban J connectivity index is 1.23. The van der Waals surface area contributed by atoms with E-state index in [0.717, 1.165) is 26.3 Å². The Hall–Kier alpha value is -1.97. The summed E-state index contributed by atoms with van der Waals surface area (Å²) in [7, 11) is 0. The SMILES string of the molecule is c1cc(B(OCC2CCCN2)c2ccc3sc4ccc(B(OCC5CCCN5)c5ccsc5)cc4c3c2)cs1. The third-order valence-electron chi connectivity index (χ3n) is 8.07. The third-order valence-corrected chi connectivity index (χ3v) is 10.6. The molecule has 4 nitrogen and oxygen atoms in total. The van der Waals surface area contributed by atoms with Crippen LogP contribution in [0.2, 0.25) is 0 Å². The topological polar surface area (TPSA) is 42.5 Å². The van der Waals surface area contributed by atoms with E-state index in [1.807, 2.05) is 11.3 Å². The summed E-state index contributed by atoms with van der Waals surface area (Å²) in [6, 6.07) is 19.1. The van der Waals surface area contributed by atoms with Gasteiger partial charge in [-0.15, -0.1) is 11.3 Å². The van der Waals surface area contributed by atoms with E-state index in [1.54, 1.807) is 22.7 Å². The molecule has 2 aromatic carbocycles. The van der Waals surface area contributed by atoms with Crippen LogP contribution >= 0.6 is 34.0 Å². The van der Waals surface area contributed by atoms with E-state index >= 15 is 0 Å². The van der Waals surface area contributed by atoms with Crippen molar-refractivity contribution in [3.63, 3.8) is 0 Å². The van der Waals surface area contributed by atoms with Crippen LogP contribution in [0.25, 0.3) is 20.2 Å². The monoisotopic (exact) mass is 570 g/mol. The molecule has 3 aromatic heterocycles. The van der Waals surface area contributed by atoms with Crippen LogP contribution < -0.4 is 32.5 Å². The van der Waals surface area contributed by atoms with Crippen molar-refractivity contribution in [1.29, 1.82) is 0 Å². The minimum atomic E-state index is -0.0537. The zero-order valence-electron chi connectivity index (χ0n) is 21.9. The first-order valence-electron chi connectivity index (χ1n) is 14.0. The van der Waals surface area contributed by atoms with Crippen LogP contribution in [0.1, 0.15) is 25.7 Å². The first-order chi connectivity index (χ1) is 19.3. The molecule has 0 saturated carbocycles. The highest BCUT2D eigenvalue weighted by Crippen LogP contribution is 2.33. The minimum Gasteiger partial charge on any atom is -0.425 e. The zero-order chi connectivity index (χ0) is 26.0. The molecule has 5 heterocycles. The Morgan fingerprint density at radius 3 is 1.59 bits per heavy atom. The third kappa shape index (κ3) is 5.64. The predicted molar refractivity (Wildman–Crippen MR) is 172 cm³/mol. The maximum atomic E-state index is 6.61. The highest BCUT2D eigenvalue weighted by Gasteiger charge is 2.27. The molecule has 2 atom stereocenters. The number of rotatable bonds is 10. The molecule has 2 saturated heterocycles. The van der Waals surface area contributed by atoms with Crippen molar-refractivity contribution < 1.29 is 9.31 Å². The van der Waals surface area contributed by atoms with Gasteiger partial charge < -0.3 is 19.9 Å². The lowest BCUT2D eigenvalue weighted by Gasteiger charge is -2.18. The second kappa shape index (κ2) is 11.9. The fraction of sp³-hybridized carbons (Fsp3) is 0.333. The van der Waals surface area contributed by atoms with Gasteiger partial charge in [0.15, 0.2) is 0 Å². The summed E-state index contributed by atoms with van der Waals surface area (Å²) in [5.74, 6) is 0. The molecule has 39 heavy (non-hydrogen) atoms. The molecule has 0 radical (unpaired) electrons. The molecule has 0 bridgehead atoms. The number of thiophene rings is 3. The quantitative estimate of drug-likeness (QED) is 0.250. The molecule has 198 valence electrons. The number of hydrogen-bond acceptors (Lipinski definition) is 7. The second-order valence-electron chi connectivity index (χ2n) is 10.7. The highest BCUT2D eigenvalue weighted by molar-refractivity contribution is 7.25. The lowest BCUT2D eigenvalue weighted by molar-refractivity contribution is 0.288. The van der Waals surface area contributed by atoms with Crippen molar-refractivity contribution in [2.24, 2.45) is 0 Å². The van der Waals surface area contributed by atoms with Crippen LogP contribution in [0.3, 0.4) is 0 Å². The fourth-order valence-electron chi connectivity index (χ4n) is 5.98. The number of nitrogens with one attached hydrogen (secondary N) is 2. The highest BCUT2D eigenvalue weighted by atomic mass is 32.1. The average Bonchev–Trinajstić information content (AvgIpc) is 3.80. The van der Waals surface area contributed by atoms with E-state index in [-0.39, 0.29) is 13.8 Å². The van der Waals surface area contributed by atoms with Gasteiger partial charge in [0.2, 0.25) is 0 Å². The van der Waals surface area contributed by atoms with Crippen molar-refractivity contribution in [3.8, 4) is 0 Å². The van der Waals surface area contributed by atoms with Crippen LogP contribution in [0.5, 0.6) is 0 Å². The Kier molecular flexibility index (Phi) is 7.90. The van der Waals surface area contributed by atoms with E-state index < -0.39 is 0 Å². The molecule has 2 N–H and O–H groups in total. The molecule has 9 heteroatoms. The van der Waals surface area contributed by atoms with E-state index in [0.29, 0.717) is 12.1 Å². The van der Waals surface area contributed by atoms with Crippen molar-refractivity contribution in [2.45, 2.75) is 37.8 Å². The van der Waals surface area contributed by atoms with E-state index in [9.17, 15) is 0 Å². The van der Waals surface area contributed by atoms with Crippen molar-refractivity contribution in [1.82, 2.24) is 10.6 Å². The first-order valence-corrected chi connectivity index (χ1v) is 16.7. The summed E-state index contributed by atoms with van der Waals surface area (Å²) in [4.78, 5) is 0. The molecule has 0 amide bonds. The van der Waals surface area contributed by atoms with Gasteiger partial charge in [0.05, 0.1) is 0 Å². The fourth-order valence-corrected chi connectivity index (χ4v) is 8.39. The van der Waals surface area contributed by atoms with Crippen LogP contribution in [-0.2, 0) is 9.31 Å². The standard InChI is InChI=1S/C30H32B2N2O2S3/c1-3-25(33-11-1)17-35-31(23-9-13-37-19-23)21-5-7-29-27(15-21)28-16-22(6-8-30(28)39-29)32(24-10-14-38-20-24)36-18-26-4-2-12-34-26/h5-10,13-16,19-20,25-26,33-34H,1-4,11-12,17-18H2. The number of fused-ring (bicyclic) bond motifs is 3. The van der Waals surface area contributed by atoms with E-state index in [2.05, 4.69) is 80.7 Å². The first kappa shape index (κ1) is 26.0. The minimum absolute atomic E-state index is 0.0537. The van der Waals surface area contributed by atoms with Gasteiger partial charge >= 0.3 is 13.8 Å². The molecule has 2 unspecified atom stereocenters. The maximum Gasteiger partial charge on any atom is 0.362 e. The summed E-state index contributed by atoms with van der Waals surface area (Å²) in [6.07, 6.45) is 4.86. The smallest absolute Gasteiger partial charge is 0.362 e. The molecule has 0 aliphatic carbocycles. The van der Waals surface area contributed by atoms with Gasteiger partial charge in [0.25, 0.3) is 0 Å². The van der Waals surface area contributed by atoms with Gasteiger partial charge in [0.1, 0.15) is 0 Å². The van der Waals surface area contributed by atoms with Gasteiger partial charge in [-0.3, -0.25) is 0 Å². The predicted octanol–water partition coefficient (Wildman–Crippen LogP) is 3.93. The summed E-state index contributed by atoms with van der Waals surface area (Å²) in [5.41, 5.74) is 4.93. The van der Waals surface area contributed by atoms with Gasteiger partial charge in [-0.05, 0) is 105 Å². The lowest BCUT2D eigenvalue weighted by atomic mass is 9.55. The second-order valence-corrected chi connectivity index (χ2v) is 13.4. The Labute approximate surface area is 243 Å². The van der Waals surface area contributed by atoms with Crippen molar-refractivity contribution >= 4 is 89.9 Å². The largest absolute Gasteiger partial charge is 0.425 e. The molecular formula is C30H32B2N2O2S3. The number of benzene rings is 2. The Bertz CT molecular complexity index is 1400. The lowest BCUT2D eigenvalue weighted by Crippen LogP contribution is -2.46. The van der Waals surface area contributed by atoms with E-state index in [1.165, 1.54) is 67.7 Å². The zero-order valence-corrected chi connectivity index (χ0v) is 24.4. The summed E-state index contributed by atoms with van der Waals surface area (Å²) >= 11 is 5.34. The molecule has 2 fully saturated rings. The van der Waals surface area contributed by atoms with Crippen molar-refractivity contribution in [2.75, 3.05) is 26.3 Å². The van der Waals surface area contributed by atoms with E-state index in [4.69, 9.17) is 9.31 Å². The summed E-state index contributed by atoms with van der Waals surface area (Å²) < 4.78 is 15.8. The Morgan fingerprint density at radius 1 is 0.667 bits per heavy atom. The molecular weight excluding hydrogens is 538 g/mol. The molecule has 7 rings (SSSR count). The van der Waals surface area contributed by atoms with Crippen LogP contribution in [0.15, 0.2) is 70.1 Å². The van der Waals surface area contributed by atoms with Gasteiger partial charge in [-0.1, -0.05) is 36.4 Å². The molecule has 2 aliphatic rings. The van der Waals surface area contributed by atoms with Gasteiger partial charge in [-0.2, -0.15) is 22.7 Å². The van der Waals surface area contributed by atoms with Crippen LogP contribution in [0, 0.1) is 0 Å². The molecule has 5 aromatic rings. The summed E-state index contributed by atoms with van der Waals surface area (Å²) in [5, 5.41) is 18.5. The Morgan fingerprint density at radius 2 is 1.18 bits per heavy atom. The van der Waals surface area contributed by atoms with Crippen LogP contribution in [-0.4, -0.2) is 52.2 Å². The summed E-state index contributed by atoms with van der Waals surface area (Å²) in [6.45, 7) is 3.56. The average molecular weight is 570 g/mol. The maximum absolute atomic E-state index is 6.61. The van der Waals surface area contributed by atoms with Gasteiger partial charge in [0, 0.05) is 34.7 Å². The van der Waals surface area contributed by atoms with Crippen molar-refractivity contribution in [3.05, 3.63) is 70.1 Å². The molecule has 0 spiro atoms. The normalized spacial score (nSPS) is 19.4. The number of hydrogen-bond donors (Lipinski definition) is 2. The molecule has 2 aliphatic heterocycles.